The minimum absolute atomic E-state index is 0.555. The normalized spacial score (nSPS) is 10.3. The lowest BCUT2D eigenvalue weighted by atomic mass is 10.2. The van der Waals surface area contributed by atoms with E-state index >= 15 is 0 Å². The van der Waals surface area contributed by atoms with E-state index in [1.54, 1.807) is 25.6 Å². The summed E-state index contributed by atoms with van der Waals surface area (Å²) in [5.41, 5.74) is 2.12. The second-order valence-electron chi connectivity index (χ2n) is 3.72. The average Bonchev–Trinajstić information content (AvgIpc) is 2.41. The summed E-state index contributed by atoms with van der Waals surface area (Å²) in [4.78, 5) is 8.35. The number of nitrogens with one attached hydrogen (secondary N) is 1. The van der Waals surface area contributed by atoms with Gasteiger partial charge < -0.3 is 10.1 Å². The molecule has 0 aliphatic rings. The van der Waals surface area contributed by atoms with E-state index in [0.29, 0.717) is 13.2 Å². The van der Waals surface area contributed by atoms with Crippen molar-refractivity contribution in [1.82, 2.24) is 9.97 Å². The zero-order valence-corrected chi connectivity index (χ0v) is 11.6. The molecule has 1 aromatic carbocycles. The first-order valence-corrected chi connectivity index (χ1v) is 6.36. The smallest absolute Gasteiger partial charge is 0.147 e. The molecule has 0 aliphatic carbocycles. The molecule has 0 atom stereocenters. The minimum atomic E-state index is 0.555. The first-order valence-electron chi connectivity index (χ1n) is 5.57. The fourth-order valence-corrected chi connectivity index (χ4v) is 2.09. The third-order valence-corrected chi connectivity index (χ3v) is 3.21. The SMILES string of the molecule is COCc1c(Br)cccc1NCc1ncccn1. The molecule has 4 nitrogen and oxygen atoms in total. The summed E-state index contributed by atoms with van der Waals surface area (Å²) in [6, 6.07) is 7.80. The number of halogens is 1. The maximum atomic E-state index is 5.20. The lowest BCUT2D eigenvalue weighted by Crippen LogP contribution is -2.06. The van der Waals surface area contributed by atoms with Crippen molar-refractivity contribution in [3.8, 4) is 0 Å². The van der Waals surface area contributed by atoms with Crippen molar-refractivity contribution in [3.63, 3.8) is 0 Å². The summed E-state index contributed by atoms with van der Waals surface area (Å²) in [6.45, 7) is 1.15. The highest BCUT2D eigenvalue weighted by atomic mass is 79.9. The Bertz CT molecular complexity index is 505. The fraction of sp³-hybridized carbons (Fsp3) is 0.231. The van der Waals surface area contributed by atoms with E-state index < -0.39 is 0 Å². The summed E-state index contributed by atoms with van der Waals surface area (Å²) in [7, 11) is 1.68. The number of ether oxygens (including phenoxy) is 1. The molecule has 0 amide bonds. The highest BCUT2D eigenvalue weighted by Gasteiger charge is 2.06. The standard InChI is InChI=1S/C13H14BrN3O/c1-18-9-10-11(14)4-2-5-12(10)17-8-13-15-6-3-7-16-13/h2-7,17H,8-9H2,1H3. The van der Waals surface area contributed by atoms with Crippen molar-refractivity contribution in [2.24, 2.45) is 0 Å². The molecule has 0 unspecified atom stereocenters. The maximum Gasteiger partial charge on any atom is 0.147 e. The molecule has 0 radical (unpaired) electrons. The third-order valence-electron chi connectivity index (χ3n) is 2.46. The maximum absolute atomic E-state index is 5.20. The van der Waals surface area contributed by atoms with Crippen LogP contribution in [0.3, 0.4) is 0 Å². The van der Waals surface area contributed by atoms with Crippen LogP contribution in [0.1, 0.15) is 11.4 Å². The Morgan fingerprint density at radius 2 is 2.00 bits per heavy atom. The number of nitrogens with zero attached hydrogens (tertiary/aromatic N) is 2. The van der Waals surface area contributed by atoms with E-state index in [0.717, 1.165) is 21.5 Å². The molecular weight excluding hydrogens is 294 g/mol. The van der Waals surface area contributed by atoms with Gasteiger partial charge in [-0.05, 0) is 18.2 Å². The van der Waals surface area contributed by atoms with Crippen molar-refractivity contribution in [2.45, 2.75) is 13.2 Å². The predicted molar refractivity (Wildman–Crippen MR) is 74.2 cm³/mol. The molecule has 2 rings (SSSR count). The van der Waals surface area contributed by atoms with E-state index in [-0.39, 0.29) is 0 Å². The first-order chi connectivity index (χ1) is 8.81. The van der Waals surface area contributed by atoms with Gasteiger partial charge in [-0.25, -0.2) is 9.97 Å². The molecule has 0 aliphatic heterocycles. The van der Waals surface area contributed by atoms with Crippen LogP contribution in [0.5, 0.6) is 0 Å². The van der Waals surface area contributed by atoms with E-state index in [1.165, 1.54) is 0 Å². The van der Waals surface area contributed by atoms with Crippen LogP contribution in [0.2, 0.25) is 0 Å². The number of aromatic nitrogens is 2. The number of methoxy groups -OCH3 is 1. The topological polar surface area (TPSA) is 47.0 Å². The van der Waals surface area contributed by atoms with E-state index in [1.807, 2.05) is 18.2 Å². The molecule has 18 heavy (non-hydrogen) atoms. The Morgan fingerprint density at radius 3 is 2.72 bits per heavy atom. The van der Waals surface area contributed by atoms with Crippen molar-refractivity contribution in [2.75, 3.05) is 12.4 Å². The van der Waals surface area contributed by atoms with Gasteiger partial charge in [0.05, 0.1) is 13.2 Å². The monoisotopic (exact) mass is 307 g/mol. The number of anilines is 1. The Morgan fingerprint density at radius 1 is 1.22 bits per heavy atom. The third kappa shape index (κ3) is 3.27. The zero-order chi connectivity index (χ0) is 12.8. The van der Waals surface area contributed by atoms with E-state index in [2.05, 4.69) is 31.2 Å². The molecule has 0 saturated heterocycles. The van der Waals surface area contributed by atoms with Crippen molar-refractivity contribution in [1.29, 1.82) is 0 Å². The van der Waals surface area contributed by atoms with Gasteiger partial charge in [0.2, 0.25) is 0 Å². The number of rotatable bonds is 5. The first kappa shape index (κ1) is 13.0. The Labute approximate surface area is 115 Å². The van der Waals surface area contributed by atoms with Gasteiger partial charge in [-0.1, -0.05) is 22.0 Å². The molecule has 2 aromatic rings. The van der Waals surface area contributed by atoms with Crippen LogP contribution in [-0.2, 0) is 17.9 Å². The lowest BCUT2D eigenvalue weighted by molar-refractivity contribution is 0.185. The molecule has 0 bridgehead atoms. The van der Waals surface area contributed by atoms with Gasteiger partial charge in [0.1, 0.15) is 5.82 Å². The molecule has 1 heterocycles. The molecule has 1 aromatic heterocycles. The van der Waals surface area contributed by atoms with Crippen molar-refractivity contribution in [3.05, 3.63) is 52.5 Å². The van der Waals surface area contributed by atoms with Crippen LogP contribution in [-0.4, -0.2) is 17.1 Å². The molecule has 0 spiro atoms. The van der Waals surface area contributed by atoms with Gasteiger partial charge in [-0.15, -0.1) is 0 Å². The Hall–Kier alpha value is -1.46. The van der Waals surface area contributed by atoms with Crippen LogP contribution in [0, 0.1) is 0 Å². The van der Waals surface area contributed by atoms with Gasteiger partial charge in [0.25, 0.3) is 0 Å². The van der Waals surface area contributed by atoms with Crippen LogP contribution in [0.4, 0.5) is 5.69 Å². The molecular formula is C13H14BrN3O. The molecule has 1 N–H and O–H groups in total. The van der Waals surface area contributed by atoms with Gasteiger partial charge >= 0.3 is 0 Å². The second kappa shape index (κ2) is 6.47. The quantitative estimate of drug-likeness (QED) is 0.922. The molecule has 5 heteroatoms. The largest absolute Gasteiger partial charge is 0.380 e. The summed E-state index contributed by atoms with van der Waals surface area (Å²) >= 11 is 3.52. The summed E-state index contributed by atoms with van der Waals surface area (Å²) < 4.78 is 6.23. The summed E-state index contributed by atoms with van der Waals surface area (Å²) in [5.74, 6) is 0.765. The molecule has 0 fully saturated rings. The zero-order valence-electron chi connectivity index (χ0n) is 10.1. The number of hydrogen-bond donors (Lipinski definition) is 1. The highest BCUT2D eigenvalue weighted by molar-refractivity contribution is 9.10. The molecule has 94 valence electrons. The van der Waals surface area contributed by atoms with Gasteiger partial charge in [0, 0.05) is 35.2 Å². The van der Waals surface area contributed by atoms with E-state index in [9.17, 15) is 0 Å². The van der Waals surface area contributed by atoms with Gasteiger partial charge in [-0.3, -0.25) is 0 Å². The van der Waals surface area contributed by atoms with Crippen LogP contribution in [0.15, 0.2) is 41.1 Å². The van der Waals surface area contributed by atoms with Crippen molar-refractivity contribution >= 4 is 21.6 Å². The average molecular weight is 308 g/mol. The van der Waals surface area contributed by atoms with Crippen molar-refractivity contribution < 1.29 is 4.74 Å². The summed E-state index contributed by atoms with van der Waals surface area (Å²) in [6.07, 6.45) is 3.47. The van der Waals surface area contributed by atoms with E-state index in [4.69, 9.17) is 4.74 Å². The summed E-state index contributed by atoms with van der Waals surface area (Å²) in [5, 5.41) is 3.32. The lowest BCUT2D eigenvalue weighted by Gasteiger charge is -2.12. The molecule has 0 saturated carbocycles. The van der Waals surface area contributed by atoms with Gasteiger partial charge in [0.15, 0.2) is 0 Å². The number of benzene rings is 1. The number of hydrogen-bond acceptors (Lipinski definition) is 4. The minimum Gasteiger partial charge on any atom is -0.380 e. The van der Waals surface area contributed by atoms with Crippen LogP contribution >= 0.6 is 15.9 Å². The van der Waals surface area contributed by atoms with Crippen LogP contribution < -0.4 is 5.32 Å². The highest BCUT2D eigenvalue weighted by Crippen LogP contribution is 2.25. The second-order valence-corrected chi connectivity index (χ2v) is 4.57. The predicted octanol–water partition coefficient (Wildman–Crippen LogP) is 3.00. The van der Waals surface area contributed by atoms with Crippen LogP contribution in [0.25, 0.3) is 0 Å². The Kier molecular flexibility index (Phi) is 4.66. The fourth-order valence-electron chi connectivity index (χ4n) is 1.61. The van der Waals surface area contributed by atoms with Gasteiger partial charge in [-0.2, -0.15) is 0 Å². The Balaban J connectivity index is 2.11.